The van der Waals surface area contributed by atoms with Crippen molar-refractivity contribution in [3.63, 3.8) is 0 Å². The maximum atomic E-state index is 13.0. The molecule has 0 N–H and O–H groups in total. The molecule has 3 aromatic rings. The van der Waals surface area contributed by atoms with Crippen LogP contribution in [0.15, 0.2) is 60.8 Å². The molecule has 0 unspecified atom stereocenters. The van der Waals surface area contributed by atoms with Crippen LogP contribution in [0.3, 0.4) is 0 Å². The van der Waals surface area contributed by atoms with Crippen LogP contribution in [-0.4, -0.2) is 46.3 Å². The van der Waals surface area contributed by atoms with Gasteiger partial charge in [-0.1, -0.05) is 42.5 Å². The summed E-state index contributed by atoms with van der Waals surface area (Å²) in [6.07, 6.45) is 0.848. The van der Waals surface area contributed by atoms with Crippen LogP contribution in [0.4, 0.5) is 0 Å². The molecule has 0 aliphatic carbocycles. The quantitative estimate of drug-likeness (QED) is 0.547. The van der Waals surface area contributed by atoms with Gasteiger partial charge in [-0.05, 0) is 31.5 Å². The van der Waals surface area contributed by atoms with Gasteiger partial charge in [-0.25, -0.2) is 9.48 Å². The number of nitriles is 1. The minimum atomic E-state index is -0.985. The van der Waals surface area contributed by atoms with E-state index >= 15 is 0 Å². The Morgan fingerprint density at radius 3 is 2.52 bits per heavy atom. The van der Waals surface area contributed by atoms with E-state index in [4.69, 9.17) is 10.00 Å². The van der Waals surface area contributed by atoms with Gasteiger partial charge in [-0.15, -0.1) is 0 Å². The monoisotopic (exact) mass is 416 g/mol. The SMILES string of the molecule is Cc1ccccc1-c1nn(-c2ccccc2)cc1C(=O)O[C@@H](C)C(=O)N(C)CCC#N. The highest BCUT2D eigenvalue weighted by Crippen LogP contribution is 2.27. The van der Waals surface area contributed by atoms with E-state index in [1.165, 1.54) is 11.8 Å². The van der Waals surface area contributed by atoms with Crippen LogP contribution in [-0.2, 0) is 9.53 Å². The number of esters is 1. The molecule has 2 aromatic carbocycles. The molecule has 0 saturated heterocycles. The van der Waals surface area contributed by atoms with Crippen LogP contribution < -0.4 is 0 Å². The summed E-state index contributed by atoms with van der Waals surface area (Å²) in [5.74, 6) is -0.994. The van der Waals surface area contributed by atoms with Crippen LogP contribution in [0.5, 0.6) is 0 Å². The molecular formula is C24H24N4O3. The smallest absolute Gasteiger partial charge is 0.342 e. The highest BCUT2D eigenvalue weighted by Gasteiger charge is 2.26. The third kappa shape index (κ3) is 4.98. The lowest BCUT2D eigenvalue weighted by Gasteiger charge is -2.20. The number of aryl methyl sites for hydroxylation is 1. The average molecular weight is 416 g/mol. The first kappa shape index (κ1) is 21.8. The maximum absolute atomic E-state index is 13.0. The lowest BCUT2D eigenvalue weighted by atomic mass is 10.0. The molecule has 7 heteroatoms. The Bertz CT molecular complexity index is 1120. The fourth-order valence-electron chi connectivity index (χ4n) is 3.19. The normalized spacial score (nSPS) is 11.4. The molecule has 0 aliphatic rings. The van der Waals surface area contributed by atoms with Gasteiger partial charge in [0.2, 0.25) is 0 Å². The second-order valence-electron chi connectivity index (χ2n) is 7.20. The van der Waals surface area contributed by atoms with Crippen molar-refractivity contribution in [2.45, 2.75) is 26.4 Å². The lowest BCUT2D eigenvalue weighted by molar-refractivity contribution is -0.138. The number of likely N-dealkylation sites (N-methyl/N-ethyl adjacent to an activating group) is 1. The van der Waals surface area contributed by atoms with E-state index in [9.17, 15) is 9.59 Å². The van der Waals surface area contributed by atoms with Crippen molar-refractivity contribution in [3.05, 3.63) is 71.9 Å². The lowest BCUT2D eigenvalue weighted by Crippen LogP contribution is -2.37. The van der Waals surface area contributed by atoms with Gasteiger partial charge in [0, 0.05) is 25.4 Å². The third-order valence-electron chi connectivity index (χ3n) is 4.92. The standard InChI is InChI=1S/C24H24N4O3/c1-17-10-7-8-13-20(17)22-21(16-28(26-22)19-11-5-4-6-12-19)24(30)31-18(2)23(29)27(3)15-9-14-25/h4-8,10-13,16,18H,9,15H2,1-3H3/t18-/m0/s1. The van der Waals surface area contributed by atoms with Crippen LogP contribution in [0, 0.1) is 18.3 Å². The van der Waals surface area contributed by atoms with E-state index in [1.807, 2.05) is 67.6 Å². The van der Waals surface area contributed by atoms with Gasteiger partial charge in [0.05, 0.1) is 18.2 Å². The van der Waals surface area contributed by atoms with Crippen molar-refractivity contribution in [1.82, 2.24) is 14.7 Å². The molecule has 3 rings (SSSR count). The van der Waals surface area contributed by atoms with E-state index in [0.29, 0.717) is 5.69 Å². The average Bonchev–Trinajstić information content (AvgIpc) is 3.23. The van der Waals surface area contributed by atoms with Crippen LogP contribution in [0.25, 0.3) is 16.9 Å². The summed E-state index contributed by atoms with van der Waals surface area (Å²) < 4.78 is 7.11. The number of rotatable bonds is 7. The van der Waals surface area contributed by atoms with Crippen LogP contribution in [0.2, 0.25) is 0 Å². The number of para-hydroxylation sites is 1. The van der Waals surface area contributed by atoms with Gasteiger partial charge < -0.3 is 9.64 Å². The Morgan fingerprint density at radius 1 is 1.16 bits per heavy atom. The molecule has 158 valence electrons. The molecule has 1 heterocycles. The van der Waals surface area contributed by atoms with E-state index in [1.54, 1.807) is 17.9 Å². The van der Waals surface area contributed by atoms with Gasteiger partial charge in [0.15, 0.2) is 6.10 Å². The Balaban J connectivity index is 1.93. The summed E-state index contributed by atoms with van der Waals surface area (Å²) in [6, 6.07) is 19.1. The topological polar surface area (TPSA) is 88.2 Å². The number of aromatic nitrogens is 2. The number of ether oxygens (including phenoxy) is 1. The number of hydrogen-bond acceptors (Lipinski definition) is 5. The van der Waals surface area contributed by atoms with Crippen molar-refractivity contribution >= 4 is 11.9 Å². The number of nitrogens with zero attached hydrogens (tertiary/aromatic N) is 4. The van der Waals surface area contributed by atoms with Crippen molar-refractivity contribution in [2.24, 2.45) is 0 Å². The van der Waals surface area contributed by atoms with E-state index < -0.39 is 12.1 Å². The molecule has 0 bridgehead atoms. The Labute approximate surface area is 181 Å². The van der Waals surface area contributed by atoms with Crippen LogP contribution >= 0.6 is 0 Å². The molecule has 0 spiro atoms. The predicted molar refractivity (Wildman–Crippen MR) is 116 cm³/mol. The maximum Gasteiger partial charge on any atom is 0.342 e. The summed E-state index contributed by atoms with van der Waals surface area (Å²) in [4.78, 5) is 26.9. The van der Waals surface area contributed by atoms with Crippen molar-refractivity contribution in [2.75, 3.05) is 13.6 Å². The Morgan fingerprint density at radius 2 is 1.84 bits per heavy atom. The first-order chi connectivity index (χ1) is 14.9. The molecule has 0 fully saturated rings. The second kappa shape index (κ2) is 9.72. The van der Waals surface area contributed by atoms with Gasteiger partial charge in [-0.2, -0.15) is 10.4 Å². The zero-order valence-corrected chi connectivity index (χ0v) is 17.8. The molecule has 1 amide bonds. The molecule has 0 aliphatic heterocycles. The third-order valence-corrected chi connectivity index (χ3v) is 4.92. The molecule has 31 heavy (non-hydrogen) atoms. The number of carbonyl (C=O) groups excluding carboxylic acids is 2. The zero-order chi connectivity index (χ0) is 22.4. The summed E-state index contributed by atoms with van der Waals surface area (Å²) in [5.41, 5.74) is 3.35. The molecule has 1 aromatic heterocycles. The van der Waals surface area contributed by atoms with Gasteiger partial charge in [0.25, 0.3) is 5.91 Å². The predicted octanol–water partition coefficient (Wildman–Crippen LogP) is 3.77. The zero-order valence-electron chi connectivity index (χ0n) is 17.8. The minimum absolute atomic E-state index is 0.212. The van der Waals surface area contributed by atoms with Crippen molar-refractivity contribution in [1.29, 1.82) is 5.26 Å². The number of carbonyl (C=O) groups is 2. The minimum Gasteiger partial charge on any atom is -0.449 e. The van der Waals surface area contributed by atoms with E-state index in [-0.39, 0.29) is 24.4 Å². The number of amides is 1. The highest BCUT2D eigenvalue weighted by atomic mass is 16.5. The molecule has 0 saturated carbocycles. The molecule has 7 nitrogen and oxygen atoms in total. The highest BCUT2D eigenvalue weighted by molar-refractivity contribution is 5.98. The van der Waals surface area contributed by atoms with Gasteiger partial charge >= 0.3 is 5.97 Å². The van der Waals surface area contributed by atoms with E-state index in [0.717, 1.165) is 16.8 Å². The summed E-state index contributed by atoms with van der Waals surface area (Å²) in [7, 11) is 1.58. The van der Waals surface area contributed by atoms with Crippen molar-refractivity contribution < 1.29 is 14.3 Å². The molecule has 0 radical (unpaired) electrons. The summed E-state index contributed by atoms with van der Waals surface area (Å²) >= 11 is 0. The van der Waals surface area contributed by atoms with Crippen molar-refractivity contribution in [3.8, 4) is 23.0 Å². The molecule has 1 atom stereocenters. The fourth-order valence-corrected chi connectivity index (χ4v) is 3.19. The second-order valence-corrected chi connectivity index (χ2v) is 7.20. The number of benzene rings is 2. The van der Waals surface area contributed by atoms with Gasteiger partial charge in [0.1, 0.15) is 11.3 Å². The Kier molecular flexibility index (Phi) is 6.83. The summed E-state index contributed by atoms with van der Waals surface area (Å²) in [5, 5.41) is 13.3. The molecular weight excluding hydrogens is 392 g/mol. The largest absolute Gasteiger partial charge is 0.449 e. The first-order valence-corrected chi connectivity index (χ1v) is 9.96. The van der Waals surface area contributed by atoms with Crippen LogP contribution in [0.1, 0.15) is 29.3 Å². The summed E-state index contributed by atoms with van der Waals surface area (Å²) in [6.45, 7) is 3.75. The fraction of sp³-hybridized carbons (Fsp3) is 0.250. The van der Waals surface area contributed by atoms with Gasteiger partial charge in [-0.3, -0.25) is 4.79 Å². The first-order valence-electron chi connectivity index (χ1n) is 9.96. The Hall–Kier alpha value is -3.92. The van der Waals surface area contributed by atoms with E-state index in [2.05, 4.69) is 5.10 Å². The number of hydrogen-bond donors (Lipinski definition) is 0.